The minimum atomic E-state index is -0.201. The lowest BCUT2D eigenvalue weighted by atomic mass is 10.1. The summed E-state index contributed by atoms with van der Waals surface area (Å²) < 4.78 is 10.1. The number of benzene rings is 3. The van der Waals surface area contributed by atoms with Crippen molar-refractivity contribution in [2.24, 2.45) is 5.10 Å². The first-order valence-electron chi connectivity index (χ1n) is 11.2. The minimum Gasteiger partial charge on any atom is -0.487 e. The molecule has 9 heteroatoms. The highest BCUT2D eigenvalue weighted by molar-refractivity contribution is 14.1. The zero-order valence-corrected chi connectivity index (χ0v) is 25.4. The second-order valence-corrected chi connectivity index (χ2v) is 11.4. The first-order valence-corrected chi connectivity index (χ1v) is 14.1. The van der Waals surface area contributed by atoms with Gasteiger partial charge < -0.3 is 4.74 Å². The lowest BCUT2D eigenvalue weighted by Gasteiger charge is -2.14. The van der Waals surface area contributed by atoms with E-state index >= 15 is 0 Å². The predicted molar refractivity (Wildman–Crippen MR) is 163 cm³/mol. The van der Waals surface area contributed by atoms with E-state index in [1.54, 1.807) is 18.3 Å². The number of rotatable bonds is 7. The van der Waals surface area contributed by atoms with Crippen LogP contribution in [0.15, 0.2) is 69.0 Å². The van der Waals surface area contributed by atoms with Gasteiger partial charge in [-0.1, -0.05) is 48.0 Å². The van der Waals surface area contributed by atoms with Gasteiger partial charge in [-0.3, -0.25) is 4.79 Å². The molecular weight excluding hydrogens is 746 g/mol. The number of fused-ring (bicyclic) bond motifs is 1. The zero-order chi connectivity index (χ0) is 25.8. The van der Waals surface area contributed by atoms with E-state index in [4.69, 9.17) is 9.72 Å². The molecule has 1 aromatic heterocycles. The lowest BCUT2D eigenvalue weighted by Crippen LogP contribution is -2.23. The van der Waals surface area contributed by atoms with Crippen molar-refractivity contribution < 1.29 is 4.74 Å². The molecule has 36 heavy (non-hydrogen) atoms. The minimum absolute atomic E-state index is 0.0650. The molecule has 0 aliphatic carbocycles. The highest BCUT2D eigenvalue weighted by Gasteiger charge is 2.16. The summed E-state index contributed by atoms with van der Waals surface area (Å²) in [4.78, 5) is 18.1. The van der Waals surface area contributed by atoms with E-state index in [-0.39, 0.29) is 11.5 Å². The van der Waals surface area contributed by atoms with Crippen LogP contribution in [0.4, 0.5) is 0 Å². The third kappa shape index (κ3) is 5.81. The molecule has 0 unspecified atom stereocenters. The molecule has 4 aromatic rings. The molecule has 0 aliphatic heterocycles. The van der Waals surface area contributed by atoms with Crippen molar-refractivity contribution in [1.82, 2.24) is 9.66 Å². The molecule has 1 atom stereocenters. The number of hydrogen-bond donors (Lipinski definition) is 0. The van der Waals surface area contributed by atoms with Crippen molar-refractivity contribution in [1.29, 1.82) is 5.26 Å². The van der Waals surface area contributed by atoms with Gasteiger partial charge in [0.1, 0.15) is 18.2 Å². The Kier molecular flexibility index (Phi) is 8.79. The largest absolute Gasteiger partial charge is 0.487 e. The highest BCUT2D eigenvalue weighted by Crippen LogP contribution is 2.30. The Morgan fingerprint density at radius 3 is 2.61 bits per heavy atom. The normalized spacial score (nSPS) is 12.1. The third-order valence-electron chi connectivity index (χ3n) is 5.74. The number of nitrogens with zero attached hydrogens (tertiary/aromatic N) is 4. The molecule has 0 aliphatic rings. The van der Waals surface area contributed by atoms with E-state index in [1.807, 2.05) is 49.4 Å². The summed E-state index contributed by atoms with van der Waals surface area (Å²) in [5.41, 5.74) is 2.74. The van der Waals surface area contributed by atoms with Crippen LogP contribution in [0.5, 0.6) is 5.75 Å². The first kappa shape index (κ1) is 26.8. The standard InChI is InChI=1S/C27H21BrI2N4O2/c1-3-16(2)26-33-24-9-8-20(28)12-21(24)27(35)34(26)32-14-17-10-22(29)25(23(30)11-17)36-15-19-7-5-4-6-18(19)13-31/h4-12,14,16H,3,15H2,1-2H3/t16-/m1/s1. The fraction of sp³-hybridized carbons (Fsp3) is 0.185. The molecule has 0 radical (unpaired) electrons. The summed E-state index contributed by atoms with van der Waals surface area (Å²) in [7, 11) is 0. The van der Waals surface area contributed by atoms with E-state index in [9.17, 15) is 10.1 Å². The van der Waals surface area contributed by atoms with Crippen LogP contribution in [-0.2, 0) is 6.61 Å². The number of halogens is 3. The van der Waals surface area contributed by atoms with Gasteiger partial charge in [-0.25, -0.2) is 4.98 Å². The van der Waals surface area contributed by atoms with E-state index in [2.05, 4.69) is 79.2 Å². The highest BCUT2D eigenvalue weighted by atomic mass is 127. The average Bonchev–Trinajstić information content (AvgIpc) is 2.87. The maximum absolute atomic E-state index is 13.3. The van der Waals surface area contributed by atoms with Gasteiger partial charge in [0.15, 0.2) is 0 Å². The van der Waals surface area contributed by atoms with Crippen LogP contribution >= 0.6 is 61.1 Å². The average molecular weight is 767 g/mol. The van der Waals surface area contributed by atoms with Crippen molar-refractivity contribution in [3.8, 4) is 11.8 Å². The molecule has 4 rings (SSSR count). The number of aromatic nitrogens is 2. The summed E-state index contributed by atoms with van der Waals surface area (Å²) in [5.74, 6) is 1.44. The van der Waals surface area contributed by atoms with E-state index in [1.165, 1.54) is 4.68 Å². The summed E-state index contributed by atoms with van der Waals surface area (Å²) in [6, 6.07) is 19.0. The molecular formula is C27H21BrI2N4O2. The fourth-order valence-electron chi connectivity index (χ4n) is 3.60. The van der Waals surface area contributed by atoms with Crippen molar-refractivity contribution in [3.63, 3.8) is 0 Å². The molecule has 0 saturated heterocycles. The molecule has 0 N–H and O–H groups in total. The van der Waals surface area contributed by atoms with Crippen LogP contribution in [0.2, 0.25) is 0 Å². The van der Waals surface area contributed by atoms with Gasteiger partial charge >= 0.3 is 0 Å². The van der Waals surface area contributed by atoms with Crippen LogP contribution < -0.4 is 10.3 Å². The summed E-state index contributed by atoms with van der Waals surface area (Å²) >= 11 is 7.90. The van der Waals surface area contributed by atoms with Crippen LogP contribution in [0, 0.1) is 18.5 Å². The van der Waals surface area contributed by atoms with Crippen LogP contribution in [0.3, 0.4) is 0 Å². The molecule has 182 valence electrons. The second kappa shape index (κ2) is 11.8. The molecule has 0 fully saturated rings. The molecule has 1 heterocycles. The third-order valence-corrected chi connectivity index (χ3v) is 7.84. The lowest BCUT2D eigenvalue weighted by molar-refractivity contribution is 0.301. The van der Waals surface area contributed by atoms with Crippen LogP contribution in [0.1, 0.15) is 48.7 Å². The van der Waals surface area contributed by atoms with E-state index in [0.717, 1.165) is 34.9 Å². The Morgan fingerprint density at radius 1 is 1.19 bits per heavy atom. The Labute approximate surface area is 244 Å². The van der Waals surface area contributed by atoms with Crippen LogP contribution in [-0.4, -0.2) is 15.9 Å². The Bertz CT molecular complexity index is 1550. The van der Waals surface area contributed by atoms with E-state index < -0.39 is 0 Å². The summed E-state index contributed by atoms with van der Waals surface area (Å²) in [6.45, 7) is 4.41. The first-order chi connectivity index (χ1) is 17.3. The van der Waals surface area contributed by atoms with Gasteiger partial charge in [0.2, 0.25) is 0 Å². The topological polar surface area (TPSA) is 80.3 Å². The molecule has 0 amide bonds. The molecule has 0 bridgehead atoms. The Hall–Kier alpha value is -2.30. The number of ether oxygens (including phenoxy) is 1. The Balaban J connectivity index is 1.67. The predicted octanol–water partition coefficient (Wildman–Crippen LogP) is 7.21. The number of nitriles is 1. The molecule has 3 aromatic carbocycles. The smallest absolute Gasteiger partial charge is 0.282 e. The second-order valence-electron chi connectivity index (χ2n) is 8.17. The van der Waals surface area contributed by atoms with Gasteiger partial charge in [0, 0.05) is 16.0 Å². The van der Waals surface area contributed by atoms with Crippen molar-refractivity contribution in [2.75, 3.05) is 0 Å². The molecule has 6 nitrogen and oxygen atoms in total. The summed E-state index contributed by atoms with van der Waals surface area (Å²) in [5, 5.41) is 14.4. The number of hydrogen-bond acceptors (Lipinski definition) is 5. The molecule has 0 saturated carbocycles. The van der Waals surface area contributed by atoms with Crippen LogP contribution in [0.25, 0.3) is 10.9 Å². The van der Waals surface area contributed by atoms with Gasteiger partial charge in [0.25, 0.3) is 5.56 Å². The van der Waals surface area contributed by atoms with E-state index in [0.29, 0.717) is 28.9 Å². The monoisotopic (exact) mass is 766 g/mol. The molecule has 0 spiro atoms. The summed E-state index contributed by atoms with van der Waals surface area (Å²) in [6.07, 6.45) is 2.51. The van der Waals surface area contributed by atoms with Gasteiger partial charge in [0.05, 0.1) is 35.9 Å². The maximum Gasteiger partial charge on any atom is 0.282 e. The van der Waals surface area contributed by atoms with Crippen molar-refractivity contribution in [3.05, 3.63) is 99.1 Å². The van der Waals surface area contributed by atoms with Gasteiger partial charge in [-0.05, 0) is 93.6 Å². The maximum atomic E-state index is 13.3. The SMILES string of the molecule is CC[C@@H](C)c1nc2ccc(Br)cc2c(=O)n1N=Cc1cc(I)c(OCc2ccccc2C#N)c(I)c1. The zero-order valence-electron chi connectivity index (χ0n) is 19.5. The Morgan fingerprint density at radius 2 is 1.92 bits per heavy atom. The fourth-order valence-corrected chi connectivity index (χ4v) is 6.09. The van der Waals surface area contributed by atoms with Gasteiger partial charge in [-0.2, -0.15) is 15.0 Å². The quantitative estimate of drug-likeness (QED) is 0.147. The van der Waals surface area contributed by atoms with Crippen molar-refractivity contribution in [2.45, 2.75) is 32.8 Å². The van der Waals surface area contributed by atoms with Crippen molar-refractivity contribution >= 4 is 78.2 Å². The van der Waals surface area contributed by atoms with Gasteiger partial charge in [-0.15, -0.1) is 0 Å².